The molecule has 0 atom stereocenters. The SMILES string of the molecule is [2H]c1c([2H])c([2H])c(-c2cccc(-c3cc(C(C)(C)C)cc(C(C)(C)C)c3)c2N2CN(c3cccc(Oc4ccc5c(c4)N(c4cc(CC(C)C)ccn4)c4ccccc4[Si]54c5cc(C(C)(C)C)ccc5-c5ccc(C(C)(C)C)cc54)c3)c3ccccc32)c([2H])c1[2H]. The van der Waals surface area contributed by atoms with Gasteiger partial charge in [0.25, 0.3) is 0 Å². The van der Waals surface area contributed by atoms with Crippen LogP contribution in [-0.4, -0.2) is 19.7 Å². The maximum Gasteiger partial charge on any atom is 0.185 e. The third kappa shape index (κ3) is 9.84. The van der Waals surface area contributed by atoms with E-state index in [4.69, 9.17) is 13.8 Å². The van der Waals surface area contributed by atoms with Crippen molar-refractivity contribution in [2.24, 2.45) is 5.92 Å². The van der Waals surface area contributed by atoms with Crippen LogP contribution in [0.2, 0.25) is 0 Å². The Bertz CT molecular complexity index is 4460. The maximum absolute atomic E-state index is 9.39. The van der Waals surface area contributed by atoms with E-state index in [2.05, 4.69) is 257 Å². The topological polar surface area (TPSA) is 31.8 Å². The van der Waals surface area contributed by atoms with Crippen molar-refractivity contribution in [3.8, 4) is 44.9 Å². The number of para-hydroxylation sites is 4. The van der Waals surface area contributed by atoms with E-state index < -0.39 is 14.1 Å². The van der Waals surface area contributed by atoms with Gasteiger partial charge in [0, 0.05) is 40.8 Å². The van der Waals surface area contributed by atoms with Crippen molar-refractivity contribution in [1.82, 2.24) is 4.98 Å². The van der Waals surface area contributed by atoms with E-state index in [-0.39, 0.29) is 51.4 Å². The molecule has 0 fully saturated rings. The molecular weight excluding hydrogens is 1060 g/mol. The molecule has 0 saturated heterocycles. The average molecular weight is 1150 g/mol. The Morgan fingerprint density at radius 2 is 1.02 bits per heavy atom. The largest absolute Gasteiger partial charge is 0.457 e. The van der Waals surface area contributed by atoms with E-state index in [1.807, 2.05) is 36.5 Å². The van der Waals surface area contributed by atoms with Crippen molar-refractivity contribution in [2.45, 2.75) is 125 Å². The van der Waals surface area contributed by atoms with E-state index >= 15 is 0 Å². The molecule has 6 heteroatoms. The molecule has 10 aromatic rings. The second-order valence-corrected chi connectivity index (χ2v) is 32.2. The molecule has 0 N–H and O–H groups in total. The van der Waals surface area contributed by atoms with Crippen LogP contribution in [0.3, 0.4) is 0 Å². The van der Waals surface area contributed by atoms with Crippen molar-refractivity contribution < 1.29 is 11.6 Å². The zero-order valence-electron chi connectivity index (χ0n) is 57.5. The van der Waals surface area contributed by atoms with Gasteiger partial charge in [0.2, 0.25) is 0 Å². The summed E-state index contributed by atoms with van der Waals surface area (Å²) in [6.45, 7) is 32.2. The van der Waals surface area contributed by atoms with Crippen LogP contribution in [0, 0.1) is 5.92 Å². The Balaban J connectivity index is 0.970. The minimum absolute atomic E-state index is 0.0852. The molecule has 0 unspecified atom stereocenters. The van der Waals surface area contributed by atoms with Crippen LogP contribution in [0.1, 0.15) is 132 Å². The molecule has 4 heterocycles. The fourth-order valence-electron chi connectivity index (χ4n) is 13.4. The highest BCUT2D eigenvalue weighted by atomic mass is 28.3. The number of anilines is 7. The van der Waals surface area contributed by atoms with Gasteiger partial charge in [-0.05, 0) is 153 Å². The van der Waals surface area contributed by atoms with Gasteiger partial charge in [-0.25, -0.2) is 4.98 Å². The first-order valence-corrected chi connectivity index (χ1v) is 32.6. The van der Waals surface area contributed by atoms with Crippen molar-refractivity contribution >= 4 is 68.8 Å². The second kappa shape index (κ2) is 20.9. The molecule has 0 saturated carbocycles. The van der Waals surface area contributed by atoms with Gasteiger partial charge in [-0.15, -0.1) is 0 Å². The molecule has 1 aromatic heterocycles. The predicted molar refractivity (Wildman–Crippen MR) is 368 cm³/mol. The first kappa shape index (κ1) is 50.8. The van der Waals surface area contributed by atoms with Gasteiger partial charge >= 0.3 is 0 Å². The smallest absolute Gasteiger partial charge is 0.185 e. The number of benzene rings is 9. The van der Waals surface area contributed by atoms with Crippen LogP contribution >= 0.6 is 0 Å². The van der Waals surface area contributed by atoms with Crippen LogP contribution in [0.15, 0.2) is 212 Å². The highest BCUT2D eigenvalue weighted by molar-refractivity contribution is 7.23. The van der Waals surface area contributed by atoms with E-state index in [1.165, 1.54) is 59.7 Å². The summed E-state index contributed by atoms with van der Waals surface area (Å²) in [5.74, 6) is 2.68. The highest BCUT2D eigenvalue weighted by Gasteiger charge is 2.55. The number of hydrogen-bond donors (Lipinski definition) is 0. The lowest BCUT2D eigenvalue weighted by Crippen LogP contribution is -2.75. The molecule has 1 spiro atoms. The Kier molecular flexibility index (Phi) is 12.4. The summed E-state index contributed by atoms with van der Waals surface area (Å²) in [7, 11) is -3.12. The standard InChI is InChI=1S/C80H82N4OSi/c1-52(2)42-53-40-41-81-75(43-53)84-69-32-20-21-33-71(69)86(73-47-56(77(3,4)5)34-37-65(73)66-38-35-57(48-74(66)86)78(6,7)8)72-39-36-62(50-70(72)84)85-61-27-22-26-60(49-61)82-51-83(68-31-19-18-30-67(68)82)76-63(54-24-16-15-17-25-54)28-23-29-64(76)55-44-58(79(9,10)11)46-59(45-55)80(12,13)14/h15-41,43-50,52H,42,51H2,1-14H3/i15D,16D,17D,24D,25D. The summed E-state index contributed by atoms with van der Waals surface area (Å²) in [5, 5.41) is 5.45. The van der Waals surface area contributed by atoms with Gasteiger partial charge < -0.3 is 14.5 Å². The van der Waals surface area contributed by atoms with Crippen LogP contribution < -0.4 is 40.2 Å². The molecule has 9 aromatic carbocycles. The summed E-state index contributed by atoms with van der Waals surface area (Å²) < 4.78 is 52.4. The first-order valence-electron chi connectivity index (χ1n) is 33.1. The van der Waals surface area contributed by atoms with Gasteiger partial charge in [-0.1, -0.05) is 242 Å². The number of nitrogens with zero attached hydrogens (tertiary/aromatic N) is 4. The van der Waals surface area contributed by atoms with Crippen LogP contribution in [-0.2, 0) is 28.1 Å². The lowest BCUT2D eigenvalue weighted by Gasteiger charge is -2.43. The highest BCUT2D eigenvalue weighted by Crippen LogP contribution is 2.52. The summed E-state index contributed by atoms with van der Waals surface area (Å²) in [5.41, 5.74) is 16.6. The van der Waals surface area contributed by atoms with Crippen LogP contribution in [0.25, 0.3) is 33.4 Å². The van der Waals surface area contributed by atoms with Gasteiger partial charge in [-0.2, -0.15) is 0 Å². The van der Waals surface area contributed by atoms with Crippen molar-refractivity contribution in [2.75, 3.05) is 21.4 Å². The van der Waals surface area contributed by atoms with Gasteiger partial charge in [-0.3, -0.25) is 4.90 Å². The minimum atomic E-state index is -3.12. The molecule has 0 amide bonds. The third-order valence-corrected chi connectivity index (χ3v) is 22.8. The number of fused-ring (bicyclic) bond motifs is 10. The molecule has 86 heavy (non-hydrogen) atoms. The lowest BCUT2D eigenvalue weighted by atomic mass is 9.78. The van der Waals surface area contributed by atoms with E-state index in [9.17, 15) is 2.74 Å². The van der Waals surface area contributed by atoms with E-state index in [1.54, 1.807) is 0 Å². The molecule has 13 rings (SSSR count). The molecule has 3 aliphatic rings. The number of hydrogen-bond acceptors (Lipinski definition) is 5. The summed E-state index contributed by atoms with van der Waals surface area (Å²) >= 11 is 0. The van der Waals surface area contributed by atoms with Crippen molar-refractivity contribution in [1.29, 1.82) is 0 Å². The molecule has 0 radical (unpaired) electrons. The monoisotopic (exact) mass is 1150 g/mol. The van der Waals surface area contributed by atoms with Gasteiger partial charge in [0.05, 0.1) is 29.6 Å². The normalized spacial score (nSPS) is 15.1. The fraction of sp³-hybridized carbons (Fsp3) is 0.263. The van der Waals surface area contributed by atoms with E-state index in [0.29, 0.717) is 29.6 Å². The molecule has 432 valence electrons. The molecular formula is C80H82N4OSi. The quantitative estimate of drug-likeness (QED) is 0.135. The average Bonchev–Trinajstić information content (AvgIpc) is 1.57. The van der Waals surface area contributed by atoms with Crippen LogP contribution in [0.4, 0.5) is 39.9 Å². The summed E-state index contributed by atoms with van der Waals surface area (Å²) in [6.07, 6.45) is 2.89. The zero-order chi connectivity index (χ0) is 64.6. The summed E-state index contributed by atoms with van der Waals surface area (Å²) in [4.78, 5) is 12.1. The Labute approximate surface area is 520 Å². The minimum Gasteiger partial charge on any atom is -0.457 e. The maximum atomic E-state index is 9.39. The third-order valence-electron chi connectivity index (χ3n) is 17.9. The molecule has 0 bridgehead atoms. The molecule has 3 aliphatic heterocycles. The Hall–Kier alpha value is -8.45. The summed E-state index contributed by atoms with van der Waals surface area (Å²) in [6, 6.07) is 62.7. The van der Waals surface area contributed by atoms with Crippen LogP contribution in [0.5, 0.6) is 11.5 Å². The van der Waals surface area contributed by atoms with Crippen molar-refractivity contribution in [3.63, 3.8) is 0 Å². The fourth-order valence-corrected chi connectivity index (χ4v) is 18.9. The Morgan fingerprint density at radius 3 is 1.64 bits per heavy atom. The predicted octanol–water partition coefficient (Wildman–Crippen LogP) is 19.0. The number of ether oxygens (including phenoxy) is 1. The van der Waals surface area contributed by atoms with Gasteiger partial charge in [0.1, 0.15) is 24.0 Å². The zero-order valence-corrected chi connectivity index (χ0v) is 53.5. The number of aromatic nitrogens is 1. The van der Waals surface area contributed by atoms with Crippen molar-refractivity contribution in [3.05, 3.63) is 240 Å². The van der Waals surface area contributed by atoms with E-state index in [0.717, 1.165) is 57.5 Å². The second-order valence-electron chi connectivity index (χ2n) is 28.5. The lowest BCUT2D eigenvalue weighted by molar-refractivity contribution is 0.483. The first-order chi connectivity index (χ1) is 43.0. The number of pyridine rings is 1. The molecule has 0 aliphatic carbocycles. The molecule has 5 nitrogen and oxygen atoms in total. The Morgan fingerprint density at radius 1 is 0.465 bits per heavy atom. The number of rotatable bonds is 9. The van der Waals surface area contributed by atoms with Gasteiger partial charge in [0.15, 0.2) is 8.07 Å².